The molecule has 0 saturated carbocycles. The molecule has 0 spiro atoms. The van der Waals surface area contributed by atoms with Gasteiger partial charge < -0.3 is 15.4 Å². The number of amides is 1. The second-order valence-corrected chi connectivity index (χ2v) is 9.50. The van der Waals surface area contributed by atoms with E-state index < -0.39 is 11.0 Å². The van der Waals surface area contributed by atoms with Crippen molar-refractivity contribution < 1.29 is 14.5 Å². The van der Waals surface area contributed by atoms with E-state index in [0.29, 0.717) is 33.6 Å². The van der Waals surface area contributed by atoms with Gasteiger partial charge in [0.15, 0.2) is 5.75 Å². The molecule has 1 atom stereocenters. The van der Waals surface area contributed by atoms with E-state index in [2.05, 4.69) is 27.6 Å². The molecule has 0 saturated heterocycles. The maximum atomic E-state index is 13.6. The largest absolute Gasteiger partial charge is 0.490 e. The van der Waals surface area contributed by atoms with Crippen LogP contribution in [0.25, 0.3) is 0 Å². The van der Waals surface area contributed by atoms with Gasteiger partial charge in [-0.1, -0.05) is 43.3 Å². The summed E-state index contributed by atoms with van der Waals surface area (Å²) in [5.74, 6) is 1.14. The van der Waals surface area contributed by atoms with Crippen LogP contribution in [0.4, 0.5) is 17.3 Å². The number of hydrogen-bond acceptors (Lipinski definition) is 8. The Morgan fingerprint density at radius 3 is 2.78 bits per heavy atom. The summed E-state index contributed by atoms with van der Waals surface area (Å²) in [5.41, 5.74) is 2.97. The molecule has 2 aromatic carbocycles. The number of rotatable bonds is 9. The summed E-state index contributed by atoms with van der Waals surface area (Å²) < 4.78 is 6.80. The Morgan fingerprint density at radius 2 is 2.08 bits per heavy atom. The normalized spacial score (nSPS) is 14.7. The number of allylic oxidation sites excluding steroid dienone is 1. The van der Waals surface area contributed by atoms with Crippen LogP contribution < -0.4 is 15.4 Å². The zero-order valence-electron chi connectivity index (χ0n) is 20.6. The van der Waals surface area contributed by atoms with Gasteiger partial charge in [-0.3, -0.25) is 14.9 Å². The van der Waals surface area contributed by atoms with Crippen molar-refractivity contribution in [1.29, 1.82) is 0 Å². The molecule has 188 valence electrons. The first-order valence-electron chi connectivity index (χ1n) is 11.6. The molecule has 3 aromatic rings. The predicted octanol–water partition coefficient (Wildman–Crippen LogP) is 5.32. The molecule has 1 aliphatic rings. The highest BCUT2D eigenvalue weighted by atomic mass is 32.2. The minimum Gasteiger partial charge on any atom is -0.490 e. The third-order valence-electron chi connectivity index (χ3n) is 5.80. The maximum Gasteiger partial charge on any atom is 0.311 e. The fourth-order valence-electron chi connectivity index (χ4n) is 4.04. The number of nitro benzene ring substituents is 1. The van der Waals surface area contributed by atoms with E-state index >= 15 is 0 Å². The lowest BCUT2D eigenvalue weighted by atomic mass is 9.94. The summed E-state index contributed by atoms with van der Waals surface area (Å²) in [5, 5.41) is 23.2. The lowest BCUT2D eigenvalue weighted by Gasteiger charge is -2.28. The zero-order valence-corrected chi connectivity index (χ0v) is 21.4. The number of carbonyl (C=O) groups is 1. The highest BCUT2D eigenvalue weighted by molar-refractivity contribution is 7.99. The number of nitrogens with one attached hydrogen (secondary N) is 2. The van der Waals surface area contributed by atoms with Crippen molar-refractivity contribution in [2.24, 2.45) is 0 Å². The van der Waals surface area contributed by atoms with Crippen molar-refractivity contribution >= 4 is 35.0 Å². The number of anilines is 2. The summed E-state index contributed by atoms with van der Waals surface area (Å²) in [6.07, 6.45) is 2.08. The van der Waals surface area contributed by atoms with E-state index in [4.69, 9.17) is 4.74 Å². The van der Waals surface area contributed by atoms with Crippen LogP contribution in [0.5, 0.6) is 5.75 Å². The van der Waals surface area contributed by atoms with Gasteiger partial charge in [-0.05, 0) is 49.6 Å². The Balaban J connectivity index is 1.80. The fraction of sp³-hybridized carbons (Fsp3) is 0.320. The van der Waals surface area contributed by atoms with Crippen LogP contribution >= 0.6 is 11.8 Å². The van der Waals surface area contributed by atoms with Crippen molar-refractivity contribution in [1.82, 2.24) is 14.8 Å². The molecule has 0 bridgehead atoms. The monoisotopic (exact) mass is 508 g/mol. The average molecular weight is 509 g/mol. The molecule has 36 heavy (non-hydrogen) atoms. The number of methoxy groups -OCH3 is 1. The molecular formula is C25H28N6O4S. The van der Waals surface area contributed by atoms with Crippen molar-refractivity contribution in [3.8, 4) is 5.75 Å². The molecular weight excluding hydrogens is 480 g/mol. The van der Waals surface area contributed by atoms with Crippen LogP contribution in [0.2, 0.25) is 0 Å². The first-order chi connectivity index (χ1) is 17.3. The first-order valence-corrected chi connectivity index (χ1v) is 12.6. The van der Waals surface area contributed by atoms with Crippen LogP contribution in [0.3, 0.4) is 0 Å². The van der Waals surface area contributed by atoms with Gasteiger partial charge in [-0.25, -0.2) is 4.68 Å². The molecule has 2 N–H and O–H groups in total. The van der Waals surface area contributed by atoms with Gasteiger partial charge >= 0.3 is 5.69 Å². The molecule has 0 aliphatic carbocycles. The molecule has 0 fully saturated rings. The van der Waals surface area contributed by atoms with Crippen LogP contribution in [0.15, 0.2) is 58.9 Å². The van der Waals surface area contributed by atoms with Crippen LogP contribution in [-0.4, -0.2) is 38.5 Å². The van der Waals surface area contributed by atoms with E-state index in [1.807, 2.05) is 31.2 Å². The number of fused-ring (bicyclic) bond motifs is 1. The second kappa shape index (κ2) is 10.8. The highest BCUT2D eigenvalue weighted by Gasteiger charge is 2.35. The van der Waals surface area contributed by atoms with Gasteiger partial charge in [0.25, 0.3) is 5.91 Å². The van der Waals surface area contributed by atoms with Gasteiger partial charge in [0.2, 0.25) is 11.1 Å². The number of hydrogen-bond donors (Lipinski definition) is 2. The SMILES string of the molecule is CCCCSc1nc2n(n1)C(c1ccc(OC)c([N+](=O)[O-])c1)C(C(=O)Nc1cccc(C)c1)=C(C)N2. The van der Waals surface area contributed by atoms with Crippen LogP contribution in [0.1, 0.15) is 43.9 Å². The Morgan fingerprint density at radius 1 is 1.28 bits per heavy atom. The Labute approximate surface area is 213 Å². The molecule has 1 amide bonds. The quantitative estimate of drug-likeness (QED) is 0.172. The lowest BCUT2D eigenvalue weighted by molar-refractivity contribution is -0.385. The van der Waals surface area contributed by atoms with Crippen LogP contribution in [-0.2, 0) is 4.79 Å². The van der Waals surface area contributed by atoms with Gasteiger partial charge in [0, 0.05) is 23.2 Å². The summed E-state index contributed by atoms with van der Waals surface area (Å²) >= 11 is 1.53. The van der Waals surface area contributed by atoms with Crippen molar-refractivity contribution in [2.75, 3.05) is 23.5 Å². The fourth-order valence-corrected chi connectivity index (χ4v) is 4.96. The standard InChI is InChI=1S/C25H28N6O4S/c1-5-6-12-36-25-28-24-26-16(3)21(23(32)27-18-9-7-8-15(2)13-18)22(30(24)29-25)17-10-11-20(35-4)19(14-17)31(33)34/h7-11,13-14,22H,5-6,12H2,1-4H3,(H,27,32)(H,26,28,29). The lowest BCUT2D eigenvalue weighted by Crippen LogP contribution is -2.31. The smallest absolute Gasteiger partial charge is 0.311 e. The van der Waals surface area contributed by atoms with E-state index in [-0.39, 0.29) is 17.3 Å². The number of nitro groups is 1. The number of nitrogens with zero attached hydrogens (tertiary/aromatic N) is 4. The number of ether oxygens (including phenoxy) is 1. The number of aromatic nitrogens is 3. The molecule has 1 unspecified atom stereocenters. The third kappa shape index (κ3) is 5.20. The molecule has 1 aromatic heterocycles. The number of unbranched alkanes of at least 4 members (excludes halogenated alkanes) is 1. The summed E-state index contributed by atoms with van der Waals surface area (Å²) in [6, 6.07) is 11.4. The number of carbonyl (C=O) groups excluding carboxylic acids is 1. The molecule has 4 rings (SSSR count). The van der Waals surface area contributed by atoms with Crippen molar-refractivity contribution in [3.05, 3.63) is 75.0 Å². The number of thioether (sulfide) groups is 1. The molecule has 0 radical (unpaired) electrons. The number of benzene rings is 2. The van der Waals surface area contributed by atoms with Crippen molar-refractivity contribution in [2.45, 2.75) is 44.8 Å². The minimum absolute atomic E-state index is 0.138. The Kier molecular flexibility index (Phi) is 7.58. The summed E-state index contributed by atoms with van der Waals surface area (Å²) in [4.78, 5) is 29.5. The maximum absolute atomic E-state index is 13.6. The van der Waals surface area contributed by atoms with E-state index in [9.17, 15) is 14.9 Å². The topological polar surface area (TPSA) is 124 Å². The van der Waals surface area contributed by atoms with Gasteiger partial charge in [-0.2, -0.15) is 4.98 Å². The van der Waals surface area contributed by atoms with E-state index in [1.165, 1.54) is 31.0 Å². The molecule has 2 heterocycles. The highest BCUT2D eigenvalue weighted by Crippen LogP contribution is 2.39. The Hall–Kier alpha value is -3.86. The third-order valence-corrected chi connectivity index (χ3v) is 6.72. The van der Waals surface area contributed by atoms with Gasteiger partial charge in [0.1, 0.15) is 6.04 Å². The first kappa shape index (κ1) is 25.2. The number of aryl methyl sites for hydroxylation is 1. The average Bonchev–Trinajstić information content (AvgIpc) is 3.25. The van der Waals surface area contributed by atoms with Gasteiger partial charge in [-0.15, -0.1) is 5.10 Å². The molecule has 10 nitrogen and oxygen atoms in total. The summed E-state index contributed by atoms with van der Waals surface area (Å²) in [7, 11) is 1.38. The minimum atomic E-state index is -0.733. The van der Waals surface area contributed by atoms with E-state index in [1.54, 1.807) is 17.7 Å². The van der Waals surface area contributed by atoms with E-state index in [0.717, 1.165) is 24.2 Å². The molecule has 11 heteroatoms. The van der Waals surface area contributed by atoms with Gasteiger partial charge in [0.05, 0.1) is 17.6 Å². The summed E-state index contributed by atoms with van der Waals surface area (Å²) in [6.45, 7) is 5.85. The Bertz CT molecular complexity index is 1340. The van der Waals surface area contributed by atoms with Crippen LogP contribution in [0, 0.1) is 17.0 Å². The molecule has 1 aliphatic heterocycles. The second-order valence-electron chi connectivity index (χ2n) is 8.44. The predicted molar refractivity (Wildman–Crippen MR) is 140 cm³/mol. The van der Waals surface area contributed by atoms with Crippen molar-refractivity contribution in [3.63, 3.8) is 0 Å². The zero-order chi connectivity index (χ0) is 25.8.